The lowest BCUT2D eigenvalue weighted by molar-refractivity contribution is -0.0217. The van der Waals surface area contributed by atoms with Gasteiger partial charge in [0.15, 0.2) is 0 Å². The highest BCUT2D eigenvalue weighted by Gasteiger charge is 2.52. The molecule has 0 aromatic heterocycles. The molecule has 5 aromatic rings. The molecule has 6 rings (SSSR count). The van der Waals surface area contributed by atoms with Crippen LogP contribution in [-0.2, 0) is 10.3 Å². The first-order valence-corrected chi connectivity index (χ1v) is 19.3. The highest BCUT2D eigenvalue weighted by molar-refractivity contribution is 6.53. The van der Waals surface area contributed by atoms with Crippen LogP contribution in [0.3, 0.4) is 0 Å². The van der Waals surface area contributed by atoms with Gasteiger partial charge in [0.2, 0.25) is 0 Å². The smallest absolute Gasteiger partial charge is 0.341 e. The van der Waals surface area contributed by atoms with Gasteiger partial charge in [-0.1, -0.05) is 94.9 Å². The summed E-state index contributed by atoms with van der Waals surface area (Å²) in [5, 5.41) is 0.327. The third kappa shape index (κ3) is 7.72. The number of nitrogens with zero attached hydrogens (tertiary/aromatic N) is 4. The third-order valence-corrected chi connectivity index (χ3v) is 12.3. The Bertz CT molecular complexity index is 1900. The van der Waals surface area contributed by atoms with Crippen molar-refractivity contribution in [2.24, 2.45) is 0 Å². The average Bonchev–Trinajstić information content (AvgIpc) is 3.45. The Labute approximate surface area is 339 Å². The van der Waals surface area contributed by atoms with Crippen LogP contribution in [0.15, 0.2) is 97.1 Å². The number of benzene rings is 5. The van der Waals surface area contributed by atoms with E-state index in [1.54, 1.807) is 0 Å². The first-order valence-electron chi connectivity index (χ1n) is 17.8. The molecule has 5 aromatic carbocycles. The molecule has 0 aliphatic carbocycles. The fourth-order valence-electron chi connectivity index (χ4n) is 7.44. The summed E-state index contributed by atoms with van der Waals surface area (Å²) in [6, 6.07) is 34.0. The van der Waals surface area contributed by atoms with Crippen LogP contribution in [0.4, 0.5) is 22.7 Å². The van der Waals surface area contributed by atoms with Crippen LogP contribution in [-0.4, -0.2) is 62.4 Å². The van der Waals surface area contributed by atoms with E-state index in [-0.39, 0.29) is 37.5 Å². The largest absolute Gasteiger partial charge is 0.450 e. The zero-order valence-corrected chi connectivity index (χ0v) is 34.9. The van der Waals surface area contributed by atoms with Crippen molar-refractivity contribution in [1.82, 2.24) is 0 Å². The first kappa shape index (κ1) is 39.6. The van der Waals surface area contributed by atoms with E-state index in [9.17, 15) is 4.79 Å². The molecule has 0 bridgehead atoms. The lowest BCUT2D eigenvalue weighted by Crippen LogP contribution is -2.32. The zero-order valence-electron chi connectivity index (χ0n) is 31.9. The van der Waals surface area contributed by atoms with Gasteiger partial charge < -0.3 is 24.3 Å². The van der Waals surface area contributed by atoms with Gasteiger partial charge in [-0.3, -0.25) is 0 Å². The predicted molar refractivity (Wildman–Crippen MR) is 230 cm³/mol. The van der Waals surface area contributed by atoms with Crippen LogP contribution < -0.4 is 19.6 Å². The summed E-state index contributed by atoms with van der Waals surface area (Å²) in [6.45, 7) is 0. The monoisotopic (exact) mass is 802 g/mol. The minimum Gasteiger partial charge on any atom is -0.450 e. The quantitative estimate of drug-likeness (QED) is 0.0711. The van der Waals surface area contributed by atoms with Crippen molar-refractivity contribution in [1.29, 1.82) is 0 Å². The van der Waals surface area contributed by atoms with Crippen LogP contribution in [0.25, 0.3) is 0 Å². The van der Waals surface area contributed by atoms with Crippen molar-refractivity contribution >= 4 is 75.1 Å². The van der Waals surface area contributed by atoms with Crippen molar-refractivity contribution < 1.29 is 9.53 Å². The maximum atomic E-state index is 14.2. The second-order valence-electron chi connectivity index (χ2n) is 14.8. The topological polar surface area (TPSA) is 39.3 Å². The van der Waals surface area contributed by atoms with Crippen molar-refractivity contribution in [3.8, 4) is 0 Å². The standard InChI is InChI=1S/C44H46Cl4N4O2/c1-49(2)31-17-9-27(10-18-31)35(28-11-19-32(20-12-28)50(3)4)25-44(38-37(43(53)54-44)39(45)41(47)42(48)40(38)46)26-36(29-13-21-33(22-14-29)51(5)6)30-15-23-34(24-16-30)52(7)8/h9-24,35-36H,25-26H2,1-8H3. The molecule has 1 aliphatic heterocycles. The molecule has 0 unspecified atom stereocenters. The van der Waals surface area contributed by atoms with E-state index in [2.05, 4.69) is 117 Å². The predicted octanol–water partition coefficient (Wildman–Crippen LogP) is 11.4. The summed E-state index contributed by atoms with van der Waals surface area (Å²) in [6.07, 6.45) is 0.703. The summed E-state index contributed by atoms with van der Waals surface area (Å²) < 4.78 is 6.73. The fourth-order valence-corrected chi connectivity index (χ4v) is 8.54. The number of fused-ring (bicyclic) bond motifs is 1. The number of anilines is 4. The molecule has 0 N–H and O–H groups in total. The van der Waals surface area contributed by atoms with Gasteiger partial charge >= 0.3 is 5.97 Å². The number of hydrogen-bond donors (Lipinski definition) is 0. The molecule has 10 heteroatoms. The normalized spacial score (nSPS) is 13.3. The summed E-state index contributed by atoms with van der Waals surface area (Å²) in [4.78, 5) is 22.5. The number of carbonyl (C=O) groups is 1. The van der Waals surface area contributed by atoms with Gasteiger partial charge in [-0.15, -0.1) is 0 Å². The van der Waals surface area contributed by atoms with Crippen molar-refractivity contribution in [3.63, 3.8) is 0 Å². The molecule has 0 amide bonds. The molecule has 282 valence electrons. The van der Waals surface area contributed by atoms with Crippen molar-refractivity contribution in [2.45, 2.75) is 30.3 Å². The van der Waals surface area contributed by atoms with Gasteiger partial charge in [0.05, 0.1) is 25.7 Å². The first-order chi connectivity index (χ1) is 25.6. The Hall–Kier alpha value is -4.07. The van der Waals surface area contributed by atoms with Crippen molar-refractivity contribution in [2.75, 3.05) is 76.0 Å². The lowest BCUT2D eigenvalue weighted by Gasteiger charge is -2.37. The molecule has 0 saturated heterocycles. The molecule has 0 saturated carbocycles. The summed E-state index contributed by atoms with van der Waals surface area (Å²) in [5.74, 6) is -1.04. The summed E-state index contributed by atoms with van der Waals surface area (Å²) in [5.41, 5.74) is 7.89. The van der Waals surface area contributed by atoms with E-state index >= 15 is 0 Å². The number of carbonyl (C=O) groups excluding carboxylic acids is 1. The highest BCUT2D eigenvalue weighted by Crippen LogP contribution is 2.57. The number of rotatable bonds is 12. The average molecular weight is 805 g/mol. The summed E-state index contributed by atoms with van der Waals surface area (Å²) in [7, 11) is 16.2. The van der Waals surface area contributed by atoms with Crippen LogP contribution in [0.2, 0.25) is 20.1 Å². The van der Waals surface area contributed by atoms with Crippen LogP contribution in [0.1, 0.15) is 62.9 Å². The van der Waals surface area contributed by atoms with Gasteiger partial charge in [-0.05, 0) is 70.8 Å². The molecule has 0 spiro atoms. The highest BCUT2D eigenvalue weighted by atomic mass is 35.5. The van der Waals surface area contributed by atoms with Gasteiger partial charge in [-0.25, -0.2) is 4.79 Å². The fraction of sp³-hybridized carbons (Fsp3) is 0.295. The van der Waals surface area contributed by atoms with Crippen molar-refractivity contribution in [3.05, 3.63) is 151 Å². The Kier molecular flexibility index (Phi) is 11.7. The Morgan fingerprint density at radius 3 is 1.02 bits per heavy atom. The Morgan fingerprint density at radius 2 is 0.741 bits per heavy atom. The van der Waals surface area contributed by atoms with Crippen LogP contribution in [0, 0.1) is 0 Å². The third-order valence-electron chi connectivity index (χ3n) is 10.5. The second-order valence-corrected chi connectivity index (χ2v) is 16.4. The van der Waals surface area contributed by atoms with E-state index < -0.39 is 11.6 Å². The molecule has 0 atom stereocenters. The van der Waals surface area contributed by atoms with Gasteiger partial charge in [0.25, 0.3) is 0 Å². The molecule has 1 aliphatic rings. The molecule has 54 heavy (non-hydrogen) atoms. The Morgan fingerprint density at radius 1 is 0.463 bits per heavy atom. The lowest BCUT2D eigenvalue weighted by atomic mass is 9.72. The summed E-state index contributed by atoms with van der Waals surface area (Å²) >= 11 is 27.5. The zero-order chi connectivity index (χ0) is 39.1. The molecule has 0 radical (unpaired) electrons. The second kappa shape index (κ2) is 16.0. The molecular weight excluding hydrogens is 758 g/mol. The van der Waals surface area contributed by atoms with E-state index in [0.717, 1.165) is 45.0 Å². The van der Waals surface area contributed by atoms with E-state index in [4.69, 9.17) is 51.1 Å². The molecular formula is C44H46Cl4N4O2. The van der Waals surface area contributed by atoms with Crippen LogP contribution in [0.5, 0.6) is 0 Å². The minimum atomic E-state index is -1.28. The molecule has 6 nitrogen and oxygen atoms in total. The molecule has 1 heterocycles. The van der Waals surface area contributed by atoms with Gasteiger partial charge in [0, 0.05) is 109 Å². The van der Waals surface area contributed by atoms with Crippen LogP contribution >= 0.6 is 46.4 Å². The maximum absolute atomic E-state index is 14.2. The number of cyclic esters (lactones) is 1. The van der Waals surface area contributed by atoms with E-state index in [1.807, 2.05) is 56.4 Å². The number of ether oxygens (including phenoxy) is 1. The minimum absolute atomic E-state index is 0.0278. The van der Waals surface area contributed by atoms with Gasteiger partial charge in [-0.2, -0.15) is 0 Å². The molecule has 0 fully saturated rings. The Balaban J connectivity index is 1.60. The SMILES string of the molecule is CN(C)c1ccc(C(CC2(CC(c3ccc(N(C)C)cc3)c3ccc(N(C)C)cc3)OC(=O)c3c(Cl)c(Cl)c(Cl)c(Cl)c32)c2ccc(N(C)C)cc2)cc1. The van der Waals surface area contributed by atoms with E-state index in [1.165, 1.54) is 0 Å². The maximum Gasteiger partial charge on any atom is 0.341 e. The number of esters is 1. The van der Waals surface area contributed by atoms with E-state index in [0.29, 0.717) is 18.4 Å². The number of halogens is 4. The number of hydrogen-bond acceptors (Lipinski definition) is 6. The van der Waals surface area contributed by atoms with Gasteiger partial charge in [0.1, 0.15) is 5.60 Å².